The Bertz CT molecular complexity index is 449. The van der Waals surface area contributed by atoms with Crippen molar-refractivity contribution >= 4 is 29.9 Å². The van der Waals surface area contributed by atoms with Gasteiger partial charge in [-0.25, -0.2) is 0 Å². The van der Waals surface area contributed by atoms with Gasteiger partial charge in [0.15, 0.2) is 5.96 Å². The minimum atomic E-state index is -4.11. The molecule has 0 aromatic carbocycles. The summed E-state index contributed by atoms with van der Waals surface area (Å²) in [7, 11) is 1.72. The number of hydrogen-bond donors (Lipinski definition) is 2. The summed E-state index contributed by atoms with van der Waals surface area (Å²) >= 11 is 0. The Morgan fingerprint density at radius 3 is 2.67 bits per heavy atom. The Labute approximate surface area is 157 Å². The zero-order chi connectivity index (χ0) is 16.4. The maximum absolute atomic E-state index is 12.4. The molecule has 3 aliphatic heterocycles. The number of fused-ring (bicyclic) bond motifs is 2. The SMILES string of the molecule is CN=C(NCC1CCN(CC(F)(F)F)C1)NC1CC2CCC1O2.I. The molecule has 3 fully saturated rings. The first-order valence-electron chi connectivity index (χ1n) is 8.34. The van der Waals surface area contributed by atoms with Crippen LogP contribution in [-0.4, -0.2) is 68.5 Å². The lowest BCUT2D eigenvalue weighted by atomic mass is 9.96. The predicted octanol–water partition coefficient (Wildman–Crippen LogP) is 1.97. The van der Waals surface area contributed by atoms with E-state index in [-0.39, 0.29) is 36.0 Å². The third-order valence-electron chi connectivity index (χ3n) is 4.98. The molecule has 3 heterocycles. The number of guanidine groups is 1. The molecule has 140 valence electrons. The maximum atomic E-state index is 12.4. The highest BCUT2D eigenvalue weighted by molar-refractivity contribution is 14.0. The topological polar surface area (TPSA) is 48.9 Å². The highest BCUT2D eigenvalue weighted by atomic mass is 127. The van der Waals surface area contributed by atoms with E-state index in [1.165, 1.54) is 4.90 Å². The minimum absolute atomic E-state index is 0. The second-order valence-electron chi connectivity index (χ2n) is 6.82. The fourth-order valence-corrected chi connectivity index (χ4v) is 3.88. The average Bonchev–Trinajstić information content (AvgIpc) is 3.18. The zero-order valence-electron chi connectivity index (χ0n) is 13.8. The van der Waals surface area contributed by atoms with Gasteiger partial charge in [-0.05, 0) is 38.1 Å². The molecule has 0 aromatic rings. The molecule has 3 saturated heterocycles. The average molecular weight is 462 g/mol. The van der Waals surface area contributed by atoms with E-state index in [0.29, 0.717) is 31.8 Å². The maximum Gasteiger partial charge on any atom is 0.401 e. The Morgan fingerprint density at radius 2 is 2.08 bits per heavy atom. The summed E-state index contributed by atoms with van der Waals surface area (Å²) in [5.74, 6) is 0.951. The van der Waals surface area contributed by atoms with Crippen LogP contribution < -0.4 is 10.6 Å². The van der Waals surface area contributed by atoms with Gasteiger partial charge in [0.2, 0.25) is 0 Å². The molecule has 0 aromatic heterocycles. The van der Waals surface area contributed by atoms with Crippen LogP contribution in [0.5, 0.6) is 0 Å². The van der Waals surface area contributed by atoms with Crippen molar-refractivity contribution in [1.29, 1.82) is 0 Å². The lowest BCUT2D eigenvalue weighted by Gasteiger charge is -2.23. The van der Waals surface area contributed by atoms with Crippen molar-refractivity contribution in [2.45, 2.75) is 50.1 Å². The smallest absolute Gasteiger partial charge is 0.373 e. The Hall–Kier alpha value is -0.290. The molecule has 9 heteroatoms. The van der Waals surface area contributed by atoms with E-state index in [1.807, 2.05) is 0 Å². The van der Waals surface area contributed by atoms with E-state index < -0.39 is 12.7 Å². The van der Waals surface area contributed by atoms with Crippen molar-refractivity contribution in [3.63, 3.8) is 0 Å². The van der Waals surface area contributed by atoms with Crippen molar-refractivity contribution in [2.24, 2.45) is 10.9 Å². The lowest BCUT2D eigenvalue weighted by molar-refractivity contribution is -0.143. The normalized spacial score (nSPS) is 33.6. The second-order valence-corrected chi connectivity index (χ2v) is 6.82. The van der Waals surface area contributed by atoms with Crippen LogP contribution in [0.25, 0.3) is 0 Å². The summed E-state index contributed by atoms with van der Waals surface area (Å²) < 4.78 is 43.0. The summed E-state index contributed by atoms with van der Waals surface area (Å²) in [6.45, 7) is 0.841. The van der Waals surface area contributed by atoms with Crippen LogP contribution >= 0.6 is 24.0 Å². The van der Waals surface area contributed by atoms with Crippen molar-refractivity contribution in [1.82, 2.24) is 15.5 Å². The summed E-state index contributed by atoms with van der Waals surface area (Å²) in [4.78, 5) is 5.70. The van der Waals surface area contributed by atoms with Gasteiger partial charge in [0.25, 0.3) is 0 Å². The minimum Gasteiger partial charge on any atom is -0.373 e. The largest absolute Gasteiger partial charge is 0.401 e. The first-order chi connectivity index (χ1) is 10.9. The van der Waals surface area contributed by atoms with Crippen LogP contribution in [0.15, 0.2) is 4.99 Å². The quantitative estimate of drug-likeness (QED) is 0.381. The Morgan fingerprint density at radius 1 is 1.29 bits per heavy atom. The van der Waals surface area contributed by atoms with Crippen molar-refractivity contribution in [2.75, 3.05) is 33.2 Å². The number of halogens is 4. The fraction of sp³-hybridized carbons (Fsp3) is 0.933. The van der Waals surface area contributed by atoms with Gasteiger partial charge in [-0.2, -0.15) is 13.2 Å². The van der Waals surface area contributed by atoms with Gasteiger partial charge in [-0.15, -0.1) is 24.0 Å². The summed E-state index contributed by atoms with van der Waals surface area (Å²) in [5.41, 5.74) is 0. The molecule has 4 atom stereocenters. The highest BCUT2D eigenvalue weighted by Gasteiger charge is 2.41. The summed E-state index contributed by atoms with van der Waals surface area (Å²) in [6, 6.07) is 0.297. The molecular formula is C15H26F3IN4O. The molecule has 0 aliphatic carbocycles. The summed E-state index contributed by atoms with van der Waals surface area (Å²) in [5, 5.41) is 6.65. The van der Waals surface area contributed by atoms with Crippen LogP contribution in [0.2, 0.25) is 0 Å². The van der Waals surface area contributed by atoms with Crippen LogP contribution in [-0.2, 0) is 4.74 Å². The van der Waals surface area contributed by atoms with Crippen molar-refractivity contribution in [3.8, 4) is 0 Å². The number of ether oxygens (including phenoxy) is 1. The van der Waals surface area contributed by atoms with Crippen molar-refractivity contribution < 1.29 is 17.9 Å². The van der Waals surface area contributed by atoms with Crippen LogP contribution in [0.4, 0.5) is 13.2 Å². The summed E-state index contributed by atoms with van der Waals surface area (Å²) in [6.07, 6.45) is 0.571. The molecule has 2 N–H and O–H groups in total. The van der Waals surface area contributed by atoms with Gasteiger partial charge in [0.05, 0.1) is 24.8 Å². The highest BCUT2D eigenvalue weighted by Crippen LogP contribution is 2.34. The molecule has 5 nitrogen and oxygen atoms in total. The monoisotopic (exact) mass is 462 g/mol. The number of aliphatic imine (C=N–C) groups is 1. The lowest BCUT2D eigenvalue weighted by Crippen LogP contribution is -2.48. The van der Waals surface area contributed by atoms with Gasteiger partial charge in [0, 0.05) is 20.1 Å². The number of nitrogens with zero attached hydrogens (tertiary/aromatic N) is 2. The third-order valence-corrected chi connectivity index (χ3v) is 4.98. The molecule has 0 saturated carbocycles. The number of rotatable bonds is 4. The van der Waals surface area contributed by atoms with E-state index in [4.69, 9.17) is 4.74 Å². The number of likely N-dealkylation sites (tertiary alicyclic amines) is 1. The van der Waals surface area contributed by atoms with E-state index in [2.05, 4.69) is 15.6 Å². The van der Waals surface area contributed by atoms with Crippen LogP contribution in [0.3, 0.4) is 0 Å². The van der Waals surface area contributed by atoms with Gasteiger partial charge in [-0.1, -0.05) is 0 Å². The first-order valence-corrected chi connectivity index (χ1v) is 8.34. The van der Waals surface area contributed by atoms with Gasteiger partial charge in [0.1, 0.15) is 0 Å². The predicted molar refractivity (Wildman–Crippen MR) is 96.8 cm³/mol. The van der Waals surface area contributed by atoms with Crippen LogP contribution in [0.1, 0.15) is 25.7 Å². The molecule has 0 spiro atoms. The third kappa shape index (κ3) is 5.35. The molecule has 3 rings (SSSR count). The van der Waals surface area contributed by atoms with Gasteiger partial charge >= 0.3 is 6.18 Å². The fourth-order valence-electron chi connectivity index (χ4n) is 3.88. The molecule has 4 unspecified atom stereocenters. The van der Waals surface area contributed by atoms with Crippen molar-refractivity contribution in [3.05, 3.63) is 0 Å². The zero-order valence-corrected chi connectivity index (χ0v) is 16.1. The Balaban J connectivity index is 0.00000208. The van der Waals surface area contributed by atoms with E-state index in [0.717, 1.165) is 31.6 Å². The first kappa shape index (κ1) is 20.0. The van der Waals surface area contributed by atoms with E-state index in [1.54, 1.807) is 7.05 Å². The van der Waals surface area contributed by atoms with Crippen LogP contribution in [0, 0.1) is 5.92 Å². The number of nitrogens with one attached hydrogen (secondary N) is 2. The molecular weight excluding hydrogens is 436 g/mol. The standard InChI is InChI=1S/C15H25F3N4O.HI/c1-19-14(21-12-6-11-2-3-13(12)23-11)20-7-10-4-5-22(8-10)9-15(16,17)18;/h10-13H,2-9H2,1H3,(H2,19,20,21);1H. The molecule has 3 aliphatic rings. The van der Waals surface area contributed by atoms with E-state index in [9.17, 15) is 13.2 Å². The number of alkyl halides is 3. The van der Waals surface area contributed by atoms with Gasteiger partial charge in [-0.3, -0.25) is 9.89 Å². The molecule has 2 bridgehead atoms. The molecule has 0 amide bonds. The van der Waals surface area contributed by atoms with E-state index >= 15 is 0 Å². The Kier molecular flexibility index (Phi) is 7.00. The number of hydrogen-bond acceptors (Lipinski definition) is 3. The molecule has 24 heavy (non-hydrogen) atoms. The second kappa shape index (κ2) is 8.39. The van der Waals surface area contributed by atoms with Gasteiger partial charge < -0.3 is 15.4 Å². The molecule has 0 radical (unpaired) electrons.